The highest BCUT2D eigenvalue weighted by molar-refractivity contribution is 5.64. The molecule has 5 heteroatoms. The topological polar surface area (TPSA) is 58.4 Å². The van der Waals surface area contributed by atoms with Gasteiger partial charge >= 0.3 is 0 Å². The van der Waals surface area contributed by atoms with Crippen molar-refractivity contribution in [1.82, 2.24) is 0 Å². The molecule has 1 N–H and O–H groups in total. The predicted octanol–water partition coefficient (Wildman–Crippen LogP) is 3.65. The molecule has 0 spiro atoms. The van der Waals surface area contributed by atoms with Crippen molar-refractivity contribution < 1.29 is 4.92 Å². The van der Waals surface area contributed by atoms with Crippen LogP contribution in [0.25, 0.3) is 0 Å². The van der Waals surface area contributed by atoms with E-state index in [1.54, 1.807) is 12.1 Å². The lowest BCUT2D eigenvalue weighted by atomic mass is 10.2. The first kappa shape index (κ1) is 14.6. The summed E-state index contributed by atoms with van der Waals surface area (Å²) in [7, 11) is 0. The van der Waals surface area contributed by atoms with Gasteiger partial charge in [0.15, 0.2) is 0 Å². The minimum atomic E-state index is -0.314. The molecule has 0 bridgehead atoms. The van der Waals surface area contributed by atoms with Gasteiger partial charge in [0.25, 0.3) is 5.69 Å². The van der Waals surface area contributed by atoms with Crippen LogP contribution in [-0.4, -0.2) is 24.6 Å². The molecular weight excluding hydrogens is 254 g/mol. The molecule has 0 atom stereocenters. The molecule has 110 valence electrons. The average Bonchev–Trinajstić information content (AvgIpc) is 3.22. The molecule has 0 saturated heterocycles. The van der Waals surface area contributed by atoms with Gasteiger partial charge in [0.2, 0.25) is 0 Å². The normalized spacial score (nSPS) is 14.1. The van der Waals surface area contributed by atoms with Gasteiger partial charge in [0.05, 0.1) is 4.92 Å². The Morgan fingerprint density at radius 2 is 2.10 bits per heavy atom. The second-order valence-electron chi connectivity index (χ2n) is 5.41. The van der Waals surface area contributed by atoms with Crippen LogP contribution in [0.3, 0.4) is 0 Å². The Kier molecular flexibility index (Phi) is 4.82. The van der Waals surface area contributed by atoms with Crippen molar-refractivity contribution in [3.05, 3.63) is 28.3 Å². The second kappa shape index (κ2) is 6.59. The van der Waals surface area contributed by atoms with Gasteiger partial charge < -0.3 is 10.2 Å². The third kappa shape index (κ3) is 3.85. The molecule has 0 aromatic heterocycles. The minimum Gasteiger partial charge on any atom is -0.385 e. The number of non-ortho nitro benzene ring substituents is 1. The molecule has 1 fully saturated rings. The van der Waals surface area contributed by atoms with E-state index in [-0.39, 0.29) is 10.6 Å². The van der Waals surface area contributed by atoms with E-state index >= 15 is 0 Å². The van der Waals surface area contributed by atoms with Crippen molar-refractivity contribution in [3.8, 4) is 0 Å². The number of anilines is 2. The smallest absolute Gasteiger partial charge is 0.273 e. The summed E-state index contributed by atoms with van der Waals surface area (Å²) < 4.78 is 0. The number of hydrogen-bond acceptors (Lipinski definition) is 4. The highest BCUT2D eigenvalue weighted by Crippen LogP contribution is 2.33. The van der Waals surface area contributed by atoms with Crippen molar-refractivity contribution in [2.45, 2.75) is 33.1 Å². The van der Waals surface area contributed by atoms with Crippen molar-refractivity contribution in [1.29, 1.82) is 0 Å². The van der Waals surface area contributed by atoms with Crippen LogP contribution in [0.2, 0.25) is 0 Å². The largest absolute Gasteiger partial charge is 0.385 e. The average molecular weight is 277 g/mol. The monoisotopic (exact) mass is 277 g/mol. The van der Waals surface area contributed by atoms with Gasteiger partial charge in [-0.15, -0.1) is 0 Å². The highest BCUT2D eigenvalue weighted by Gasteiger charge is 2.25. The fraction of sp³-hybridized carbons (Fsp3) is 0.600. The van der Waals surface area contributed by atoms with E-state index in [4.69, 9.17) is 0 Å². The summed E-state index contributed by atoms with van der Waals surface area (Å²) in [5.41, 5.74) is 1.95. The molecule has 2 rings (SSSR count). The highest BCUT2D eigenvalue weighted by atomic mass is 16.6. The molecule has 0 heterocycles. The van der Waals surface area contributed by atoms with Crippen molar-refractivity contribution in [2.24, 2.45) is 5.92 Å². The first-order valence-electron chi connectivity index (χ1n) is 7.42. The lowest BCUT2D eigenvalue weighted by Gasteiger charge is -2.24. The van der Waals surface area contributed by atoms with Crippen molar-refractivity contribution in [3.63, 3.8) is 0 Å². The number of nitrogens with zero attached hydrogens (tertiary/aromatic N) is 2. The molecule has 1 aromatic carbocycles. The lowest BCUT2D eigenvalue weighted by Crippen LogP contribution is -2.26. The van der Waals surface area contributed by atoms with Crippen molar-refractivity contribution in [2.75, 3.05) is 29.9 Å². The number of hydrogen-bond donors (Lipinski definition) is 1. The van der Waals surface area contributed by atoms with Crippen LogP contribution in [0.1, 0.15) is 33.1 Å². The Morgan fingerprint density at radius 1 is 1.35 bits per heavy atom. The fourth-order valence-electron chi connectivity index (χ4n) is 2.40. The number of nitro benzene ring substituents is 1. The number of nitro groups is 1. The summed E-state index contributed by atoms with van der Waals surface area (Å²) in [6.07, 6.45) is 3.62. The lowest BCUT2D eigenvalue weighted by molar-refractivity contribution is -0.384. The molecule has 1 aliphatic carbocycles. The van der Waals surface area contributed by atoms with Crippen LogP contribution < -0.4 is 10.2 Å². The van der Waals surface area contributed by atoms with E-state index in [0.29, 0.717) is 0 Å². The van der Waals surface area contributed by atoms with E-state index in [1.165, 1.54) is 12.8 Å². The number of benzene rings is 1. The molecule has 5 nitrogen and oxygen atoms in total. The zero-order valence-corrected chi connectivity index (χ0v) is 12.3. The van der Waals surface area contributed by atoms with Gasteiger partial charge in [-0.2, -0.15) is 0 Å². The van der Waals surface area contributed by atoms with Crippen molar-refractivity contribution >= 4 is 17.1 Å². The zero-order valence-electron chi connectivity index (χ0n) is 12.3. The summed E-state index contributed by atoms with van der Waals surface area (Å²) in [6.45, 7) is 6.86. The van der Waals surface area contributed by atoms with E-state index in [0.717, 1.165) is 43.3 Å². The maximum atomic E-state index is 11.1. The number of rotatable bonds is 8. The molecule has 0 unspecified atom stereocenters. The van der Waals surface area contributed by atoms with E-state index < -0.39 is 0 Å². The zero-order chi connectivity index (χ0) is 14.5. The summed E-state index contributed by atoms with van der Waals surface area (Å²) in [5, 5.41) is 14.3. The second-order valence-corrected chi connectivity index (χ2v) is 5.41. The van der Waals surface area contributed by atoms with Gasteiger partial charge in [-0.25, -0.2) is 0 Å². The Balaban J connectivity index is 2.27. The fourth-order valence-corrected chi connectivity index (χ4v) is 2.40. The molecule has 0 radical (unpaired) electrons. The van der Waals surface area contributed by atoms with E-state index in [1.807, 2.05) is 13.0 Å². The van der Waals surface area contributed by atoms with Gasteiger partial charge in [0.1, 0.15) is 0 Å². The molecule has 20 heavy (non-hydrogen) atoms. The maximum absolute atomic E-state index is 11.1. The third-order valence-corrected chi connectivity index (χ3v) is 3.53. The Bertz CT molecular complexity index is 472. The first-order valence-corrected chi connectivity index (χ1v) is 7.42. The molecule has 1 aromatic rings. The predicted molar refractivity (Wildman–Crippen MR) is 82.5 cm³/mol. The van der Waals surface area contributed by atoms with Gasteiger partial charge in [-0.05, 0) is 38.2 Å². The van der Waals surface area contributed by atoms with Crippen LogP contribution in [0, 0.1) is 16.0 Å². The maximum Gasteiger partial charge on any atom is 0.273 e. The SMILES string of the molecule is CCCN(CC1CC1)c1cc(NCC)cc([N+](=O)[O-])c1. The van der Waals surface area contributed by atoms with E-state index in [2.05, 4.69) is 17.1 Å². The Morgan fingerprint density at radius 3 is 2.65 bits per heavy atom. The van der Waals surface area contributed by atoms with Gasteiger partial charge in [0, 0.05) is 43.1 Å². The van der Waals surface area contributed by atoms with Gasteiger partial charge in [-0.3, -0.25) is 10.1 Å². The molecule has 1 saturated carbocycles. The standard InChI is InChI=1S/C15H23N3O2/c1-3-7-17(11-12-5-6-12)14-8-13(16-4-2)9-15(10-14)18(19)20/h8-10,12,16H,3-7,11H2,1-2H3. The van der Waals surface area contributed by atoms with Crippen LogP contribution in [0.4, 0.5) is 17.1 Å². The molecule has 1 aliphatic rings. The summed E-state index contributed by atoms with van der Waals surface area (Å²) in [5.74, 6) is 0.767. The van der Waals surface area contributed by atoms with Crippen LogP contribution in [0.15, 0.2) is 18.2 Å². The minimum absolute atomic E-state index is 0.162. The van der Waals surface area contributed by atoms with E-state index in [9.17, 15) is 10.1 Å². The van der Waals surface area contributed by atoms with Crippen LogP contribution >= 0.6 is 0 Å². The first-order chi connectivity index (χ1) is 9.63. The summed E-state index contributed by atoms with van der Waals surface area (Å²) in [4.78, 5) is 13.1. The summed E-state index contributed by atoms with van der Waals surface area (Å²) in [6, 6.07) is 5.32. The van der Waals surface area contributed by atoms with Crippen LogP contribution in [0.5, 0.6) is 0 Å². The number of nitrogens with one attached hydrogen (secondary N) is 1. The Labute approximate surface area is 120 Å². The third-order valence-electron chi connectivity index (χ3n) is 3.53. The van der Waals surface area contributed by atoms with Crippen LogP contribution in [-0.2, 0) is 0 Å². The summed E-state index contributed by atoms with van der Waals surface area (Å²) >= 11 is 0. The molecular formula is C15H23N3O2. The molecule has 0 amide bonds. The molecule has 0 aliphatic heterocycles. The quantitative estimate of drug-likeness (QED) is 0.582. The van der Waals surface area contributed by atoms with Gasteiger partial charge in [-0.1, -0.05) is 6.92 Å². The Hall–Kier alpha value is -1.78.